The predicted octanol–water partition coefficient (Wildman–Crippen LogP) is 4.08. The van der Waals surface area contributed by atoms with Crippen molar-refractivity contribution in [2.24, 2.45) is 0 Å². The Balaban J connectivity index is 1.64. The molecule has 3 aromatic rings. The van der Waals surface area contributed by atoms with Gasteiger partial charge in [-0.1, -0.05) is 0 Å². The van der Waals surface area contributed by atoms with Crippen LogP contribution in [0.2, 0.25) is 0 Å². The van der Waals surface area contributed by atoms with Gasteiger partial charge in [-0.25, -0.2) is 15.0 Å². The zero-order valence-electron chi connectivity index (χ0n) is 17.5. The molecule has 1 fully saturated rings. The van der Waals surface area contributed by atoms with Crippen molar-refractivity contribution in [2.75, 3.05) is 50.5 Å². The van der Waals surface area contributed by atoms with E-state index in [1.54, 1.807) is 17.7 Å². The van der Waals surface area contributed by atoms with Gasteiger partial charge in [0.25, 0.3) is 0 Å². The minimum Gasteiger partial charge on any atom is -0.367 e. The quantitative estimate of drug-likeness (QED) is 0.684. The number of likely N-dealkylation sites (N-methyl/N-ethyl adjacent to an activating group) is 1. The molecule has 0 unspecified atom stereocenters. The molecule has 0 saturated carbocycles. The van der Waals surface area contributed by atoms with E-state index in [2.05, 4.69) is 34.2 Å². The Kier molecular flexibility index (Phi) is 5.26. The molecule has 5 rings (SSSR count). The SMILES string of the molecule is CN(C)CCNc1ncnc2c1sc1nc(N3CCCCC3)c3c(c12)CCCC3. The van der Waals surface area contributed by atoms with Crippen molar-refractivity contribution in [1.82, 2.24) is 19.9 Å². The fourth-order valence-corrected chi connectivity index (χ4v) is 5.85. The van der Waals surface area contributed by atoms with Gasteiger partial charge in [0.05, 0.1) is 10.2 Å². The first kappa shape index (κ1) is 19.0. The maximum atomic E-state index is 5.24. The minimum atomic E-state index is 0.873. The zero-order valence-corrected chi connectivity index (χ0v) is 18.3. The Morgan fingerprint density at radius 1 is 1.03 bits per heavy atom. The molecular weight excluding hydrogens is 380 g/mol. The highest BCUT2D eigenvalue weighted by molar-refractivity contribution is 7.26. The van der Waals surface area contributed by atoms with Gasteiger partial charge in [0.2, 0.25) is 0 Å². The molecule has 3 aromatic heterocycles. The molecule has 2 aliphatic rings. The van der Waals surface area contributed by atoms with Crippen LogP contribution in [0.1, 0.15) is 43.2 Å². The second-order valence-electron chi connectivity index (χ2n) is 8.56. The maximum Gasteiger partial charge on any atom is 0.147 e. The van der Waals surface area contributed by atoms with Crippen molar-refractivity contribution in [1.29, 1.82) is 0 Å². The summed E-state index contributed by atoms with van der Waals surface area (Å²) in [6.07, 6.45) is 10.5. The van der Waals surface area contributed by atoms with E-state index in [1.807, 2.05) is 0 Å². The van der Waals surface area contributed by atoms with Gasteiger partial charge in [-0.2, -0.15) is 0 Å². The second-order valence-corrected chi connectivity index (χ2v) is 9.56. The summed E-state index contributed by atoms with van der Waals surface area (Å²) in [5.41, 5.74) is 4.08. The van der Waals surface area contributed by atoms with E-state index in [4.69, 9.17) is 9.97 Å². The summed E-state index contributed by atoms with van der Waals surface area (Å²) in [6.45, 7) is 4.14. The van der Waals surface area contributed by atoms with Crippen LogP contribution in [0.15, 0.2) is 6.33 Å². The van der Waals surface area contributed by atoms with Gasteiger partial charge < -0.3 is 15.1 Å². The van der Waals surface area contributed by atoms with E-state index in [9.17, 15) is 0 Å². The van der Waals surface area contributed by atoms with Crippen LogP contribution < -0.4 is 10.2 Å². The standard InChI is InChI=1S/C22H30N6S/c1-27(2)13-10-23-20-19-18(24-14-25-20)17-15-8-4-5-9-16(15)21(26-22(17)29-19)28-11-6-3-7-12-28/h14H,3-13H2,1-2H3,(H,23,24,25). The van der Waals surface area contributed by atoms with Crippen LogP contribution in [-0.2, 0) is 12.8 Å². The van der Waals surface area contributed by atoms with Crippen molar-refractivity contribution < 1.29 is 0 Å². The number of piperidine rings is 1. The van der Waals surface area contributed by atoms with Gasteiger partial charge in [0.1, 0.15) is 22.8 Å². The number of thiophene rings is 1. The maximum absolute atomic E-state index is 5.24. The van der Waals surface area contributed by atoms with Gasteiger partial charge >= 0.3 is 0 Å². The molecular formula is C22H30N6S. The van der Waals surface area contributed by atoms with Crippen LogP contribution in [0.25, 0.3) is 20.4 Å². The highest BCUT2D eigenvalue weighted by Crippen LogP contribution is 2.42. The van der Waals surface area contributed by atoms with Crippen LogP contribution in [0.3, 0.4) is 0 Å². The van der Waals surface area contributed by atoms with E-state index >= 15 is 0 Å². The van der Waals surface area contributed by atoms with Crippen molar-refractivity contribution in [3.05, 3.63) is 17.5 Å². The highest BCUT2D eigenvalue weighted by Gasteiger charge is 2.26. The summed E-state index contributed by atoms with van der Waals surface area (Å²) in [7, 11) is 4.18. The first-order valence-electron chi connectivity index (χ1n) is 10.9. The van der Waals surface area contributed by atoms with E-state index in [1.165, 1.54) is 54.4 Å². The van der Waals surface area contributed by atoms with Gasteiger partial charge in [-0.05, 0) is 70.2 Å². The molecule has 1 saturated heterocycles. The molecule has 0 atom stereocenters. The summed E-state index contributed by atoms with van der Waals surface area (Å²) in [5.74, 6) is 2.21. The van der Waals surface area contributed by atoms with Gasteiger partial charge in [-0.3, -0.25) is 0 Å². The van der Waals surface area contributed by atoms with Crippen LogP contribution in [0, 0.1) is 0 Å². The van der Waals surface area contributed by atoms with Gasteiger partial charge in [0, 0.05) is 31.6 Å². The number of nitrogens with one attached hydrogen (secondary N) is 1. The van der Waals surface area contributed by atoms with Gasteiger partial charge in [0.15, 0.2) is 0 Å². The smallest absolute Gasteiger partial charge is 0.147 e. The van der Waals surface area contributed by atoms with E-state index in [-0.39, 0.29) is 0 Å². The molecule has 0 spiro atoms. The molecule has 0 bridgehead atoms. The van der Waals surface area contributed by atoms with Crippen LogP contribution in [0.5, 0.6) is 0 Å². The van der Waals surface area contributed by atoms with Crippen molar-refractivity contribution in [3.63, 3.8) is 0 Å². The first-order chi connectivity index (χ1) is 14.2. The lowest BCUT2D eigenvalue weighted by Crippen LogP contribution is -2.31. The second kappa shape index (κ2) is 8.03. The molecule has 1 N–H and O–H groups in total. The number of rotatable bonds is 5. The fraction of sp³-hybridized carbons (Fsp3) is 0.591. The molecule has 0 amide bonds. The van der Waals surface area contributed by atoms with Crippen LogP contribution in [0.4, 0.5) is 11.6 Å². The number of aromatic nitrogens is 3. The van der Waals surface area contributed by atoms with Crippen molar-refractivity contribution >= 4 is 43.4 Å². The van der Waals surface area contributed by atoms with Gasteiger partial charge in [-0.15, -0.1) is 11.3 Å². The molecule has 0 radical (unpaired) electrons. The Hall–Kier alpha value is -1.99. The third-order valence-electron chi connectivity index (χ3n) is 6.21. The number of pyridine rings is 1. The minimum absolute atomic E-state index is 0.873. The molecule has 1 aliphatic heterocycles. The molecule has 4 heterocycles. The summed E-state index contributed by atoms with van der Waals surface area (Å²) < 4.78 is 1.15. The Labute approximate surface area is 176 Å². The number of hydrogen-bond acceptors (Lipinski definition) is 7. The monoisotopic (exact) mass is 410 g/mol. The Morgan fingerprint density at radius 2 is 1.83 bits per heavy atom. The predicted molar refractivity (Wildman–Crippen MR) is 122 cm³/mol. The first-order valence-corrected chi connectivity index (χ1v) is 11.8. The Bertz CT molecular complexity index is 1020. The van der Waals surface area contributed by atoms with E-state index in [0.29, 0.717) is 0 Å². The third kappa shape index (κ3) is 3.55. The molecule has 29 heavy (non-hydrogen) atoms. The normalized spacial score (nSPS) is 17.3. The third-order valence-corrected chi connectivity index (χ3v) is 7.29. The summed E-state index contributed by atoms with van der Waals surface area (Å²) in [4.78, 5) is 20.4. The zero-order chi connectivity index (χ0) is 19.8. The van der Waals surface area contributed by atoms with Crippen LogP contribution in [-0.4, -0.2) is 60.1 Å². The van der Waals surface area contributed by atoms with E-state index in [0.717, 1.165) is 59.9 Å². The number of anilines is 2. The average molecular weight is 411 g/mol. The number of fused-ring (bicyclic) bond motifs is 5. The topological polar surface area (TPSA) is 57.2 Å². The lowest BCUT2D eigenvalue weighted by molar-refractivity contribution is 0.425. The number of aryl methyl sites for hydroxylation is 1. The lowest BCUT2D eigenvalue weighted by atomic mass is 9.89. The largest absolute Gasteiger partial charge is 0.367 e. The van der Waals surface area contributed by atoms with Crippen molar-refractivity contribution in [2.45, 2.75) is 44.9 Å². The lowest BCUT2D eigenvalue weighted by Gasteiger charge is -2.31. The van der Waals surface area contributed by atoms with Crippen LogP contribution >= 0.6 is 11.3 Å². The molecule has 0 aromatic carbocycles. The highest BCUT2D eigenvalue weighted by atomic mass is 32.1. The summed E-state index contributed by atoms with van der Waals surface area (Å²) in [5, 5.41) is 4.81. The Morgan fingerprint density at radius 3 is 2.62 bits per heavy atom. The van der Waals surface area contributed by atoms with Crippen molar-refractivity contribution in [3.8, 4) is 0 Å². The molecule has 1 aliphatic carbocycles. The summed E-state index contributed by atoms with van der Waals surface area (Å²) >= 11 is 1.76. The average Bonchev–Trinajstić information content (AvgIpc) is 3.13. The van der Waals surface area contributed by atoms with E-state index < -0.39 is 0 Å². The number of hydrogen-bond donors (Lipinski definition) is 1. The summed E-state index contributed by atoms with van der Waals surface area (Å²) in [6, 6.07) is 0. The fourth-order valence-electron chi connectivity index (χ4n) is 4.73. The molecule has 154 valence electrons. The number of nitrogens with zero attached hydrogens (tertiary/aromatic N) is 5. The molecule has 7 heteroatoms. The molecule has 6 nitrogen and oxygen atoms in total.